The zero-order valence-electron chi connectivity index (χ0n) is 15.9. The molecule has 2 heterocycles. The quantitative estimate of drug-likeness (QED) is 0.693. The topological polar surface area (TPSA) is 89.8 Å². The Bertz CT molecular complexity index is 1040. The summed E-state index contributed by atoms with van der Waals surface area (Å²) < 4.78 is 16.4. The minimum absolute atomic E-state index is 0.200. The lowest BCUT2D eigenvalue weighted by atomic mass is 10.1. The SMILES string of the molecule is Cc1ccc(C(=O)Nc2ccc3c(c2)OCCCO3)cc1NC(=O)c1ccco1. The molecule has 0 spiro atoms. The van der Waals surface area contributed by atoms with Gasteiger partial charge >= 0.3 is 0 Å². The zero-order valence-corrected chi connectivity index (χ0v) is 15.9. The number of carbonyl (C=O) groups excluding carboxylic acids is 2. The first-order valence-corrected chi connectivity index (χ1v) is 9.27. The van der Waals surface area contributed by atoms with Crippen molar-refractivity contribution in [1.29, 1.82) is 0 Å². The van der Waals surface area contributed by atoms with Crippen LogP contribution in [0.5, 0.6) is 11.5 Å². The number of hydrogen-bond acceptors (Lipinski definition) is 5. The van der Waals surface area contributed by atoms with Gasteiger partial charge in [-0.25, -0.2) is 0 Å². The number of amides is 2. The summed E-state index contributed by atoms with van der Waals surface area (Å²) in [6.45, 7) is 3.03. The molecule has 1 aliphatic rings. The maximum atomic E-state index is 12.7. The Morgan fingerprint density at radius 1 is 0.897 bits per heavy atom. The molecule has 0 saturated carbocycles. The van der Waals surface area contributed by atoms with Gasteiger partial charge in [0.25, 0.3) is 11.8 Å². The number of anilines is 2. The second-order valence-corrected chi connectivity index (χ2v) is 6.63. The van der Waals surface area contributed by atoms with E-state index in [1.807, 2.05) is 6.92 Å². The van der Waals surface area contributed by atoms with Crippen LogP contribution in [-0.4, -0.2) is 25.0 Å². The molecule has 148 valence electrons. The average Bonchev–Trinajstić information content (AvgIpc) is 3.16. The summed E-state index contributed by atoms with van der Waals surface area (Å²) in [5.41, 5.74) is 2.38. The van der Waals surface area contributed by atoms with Gasteiger partial charge in [0.1, 0.15) is 0 Å². The molecule has 0 aliphatic carbocycles. The van der Waals surface area contributed by atoms with E-state index in [1.54, 1.807) is 48.5 Å². The molecule has 2 aromatic carbocycles. The molecule has 1 aromatic heterocycles. The number of furan rings is 1. The summed E-state index contributed by atoms with van der Waals surface area (Å²) >= 11 is 0. The smallest absolute Gasteiger partial charge is 0.291 e. The molecular weight excluding hydrogens is 372 g/mol. The molecule has 7 nitrogen and oxygen atoms in total. The van der Waals surface area contributed by atoms with Crippen molar-refractivity contribution in [3.63, 3.8) is 0 Å². The number of rotatable bonds is 4. The molecule has 4 rings (SSSR count). The van der Waals surface area contributed by atoms with Crippen molar-refractivity contribution < 1.29 is 23.5 Å². The molecule has 0 saturated heterocycles. The first-order chi connectivity index (χ1) is 14.1. The lowest BCUT2D eigenvalue weighted by Gasteiger charge is -2.12. The predicted octanol–water partition coefficient (Wildman–Crippen LogP) is 4.25. The van der Waals surface area contributed by atoms with Crippen LogP contribution in [0.15, 0.2) is 59.2 Å². The lowest BCUT2D eigenvalue weighted by molar-refractivity contribution is 0.0993. The van der Waals surface area contributed by atoms with Crippen LogP contribution < -0.4 is 20.1 Å². The molecule has 2 N–H and O–H groups in total. The molecule has 2 amide bonds. The molecule has 0 radical (unpaired) electrons. The monoisotopic (exact) mass is 392 g/mol. The van der Waals surface area contributed by atoms with Gasteiger partial charge in [-0.2, -0.15) is 0 Å². The highest BCUT2D eigenvalue weighted by atomic mass is 16.5. The fraction of sp³-hybridized carbons (Fsp3) is 0.182. The number of nitrogens with one attached hydrogen (secondary N) is 2. The highest BCUT2D eigenvalue weighted by Gasteiger charge is 2.15. The van der Waals surface area contributed by atoms with E-state index in [0.717, 1.165) is 12.0 Å². The number of aryl methyl sites for hydroxylation is 1. The number of benzene rings is 2. The Kier molecular flexibility index (Phi) is 5.20. The first-order valence-electron chi connectivity index (χ1n) is 9.27. The summed E-state index contributed by atoms with van der Waals surface area (Å²) in [4.78, 5) is 24.9. The fourth-order valence-electron chi connectivity index (χ4n) is 2.93. The van der Waals surface area contributed by atoms with E-state index in [9.17, 15) is 9.59 Å². The molecular formula is C22H20N2O5. The van der Waals surface area contributed by atoms with Crippen molar-refractivity contribution >= 4 is 23.2 Å². The third kappa shape index (κ3) is 4.24. The van der Waals surface area contributed by atoms with E-state index >= 15 is 0 Å². The molecule has 7 heteroatoms. The second kappa shape index (κ2) is 8.10. The van der Waals surface area contributed by atoms with E-state index < -0.39 is 0 Å². The molecule has 1 aliphatic heterocycles. The van der Waals surface area contributed by atoms with Gasteiger partial charge in [0.15, 0.2) is 17.3 Å². The normalized spacial score (nSPS) is 12.7. The van der Waals surface area contributed by atoms with Gasteiger partial charge in [-0.1, -0.05) is 6.07 Å². The summed E-state index contributed by atoms with van der Waals surface area (Å²) in [6.07, 6.45) is 2.24. The standard InChI is InChI=1S/C22H20N2O5/c1-14-5-6-15(12-17(14)24-22(26)19-4-2-9-28-19)21(25)23-16-7-8-18-20(13-16)29-11-3-10-27-18/h2,4-9,12-13H,3,10-11H2,1H3,(H,23,25)(H,24,26). The number of fused-ring (bicyclic) bond motifs is 1. The largest absolute Gasteiger partial charge is 0.490 e. The van der Waals surface area contributed by atoms with Crippen LogP contribution in [-0.2, 0) is 0 Å². The Labute approximate surface area is 167 Å². The molecule has 29 heavy (non-hydrogen) atoms. The van der Waals surface area contributed by atoms with Crippen LogP contribution >= 0.6 is 0 Å². The molecule has 0 fully saturated rings. The Morgan fingerprint density at radius 2 is 1.72 bits per heavy atom. The third-order valence-electron chi connectivity index (χ3n) is 4.50. The van der Waals surface area contributed by atoms with Crippen LogP contribution in [0.2, 0.25) is 0 Å². The Balaban J connectivity index is 1.50. The summed E-state index contributed by atoms with van der Waals surface area (Å²) in [7, 11) is 0. The van der Waals surface area contributed by atoms with Gasteiger partial charge in [-0.3, -0.25) is 9.59 Å². The van der Waals surface area contributed by atoms with Gasteiger partial charge in [0, 0.05) is 29.4 Å². The van der Waals surface area contributed by atoms with Gasteiger partial charge in [-0.15, -0.1) is 0 Å². The predicted molar refractivity (Wildman–Crippen MR) is 108 cm³/mol. The molecule has 3 aromatic rings. The van der Waals surface area contributed by atoms with Crippen molar-refractivity contribution in [3.05, 3.63) is 71.7 Å². The second-order valence-electron chi connectivity index (χ2n) is 6.63. The van der Waals surface area contributed by atoms with Gasteiger partial charge in [-0.05, 0) is 48.9 Å². The van der Waals surface area contributed by atoms with Crippen molar-refractivity contribution in [2.24, 2.45) is 0 Å². The summed E-state index contributed by atoms with van der Waals surface area (Å²) in [5.74, 6) is 0.798. The highest BCUT2D eigenvalue weighted by molar-refractivity contribution is 6.07. The first kappa shape index (κ1) is 18.6. The maximum absolute atomic E-state index is 12.7. The van der Waals surface area contributed by atoms with Crippen molar-refractivity contribution in [3.8, 4) is 11.5 Å². The number of carbonyl (C=O) groups is 2. The zero-order chi connectivity index (χ0) is 20.2. The van der Waals surface area contributed by atoms with Crippen molar-refractivity contribution in [1.82, 2.24) is 0 Å². The minimum Gasteiger partial charge on any atom is -0.490 e. The molecule has 0 bridgehead atoms. The van der Waals surface area contributed by atoms with Gasteiger partial charge in [0.05, 0.1) is 19.5 Å². The van der Waals surface area contributed by atoms with Crippen LogP contribution in [0.4, 0.5) is 11.4 Å². The van der Waals surface area contributed by atoms with Crippen LogP contribution in [0.1, 0.15) is 32.9 Å². The highest BCUT2D eigenvalue weighted by Crippen LogP contribution is 2.32. The Hall–Kier alpha value is -3.74. The number of hydrogen-bond donors (Lipinski definition) is 2. The molecule has 0 unspecified atom stereocenters. The third-order valence-corrected chi connectivity index (χ3v) is 4.50. The minimum atomic E-state index is -0.376. The van der Waals surface area contributed by atoms with E-state index in [0.29, 0.717) is 41.7 Å². The summed E-state index contributed by atoms with van der Waals surface area (Å²) in [6, 6.07) is 13.6. The lowest BCUT2D eigenvalue weighted by Crippen LogP contribution is -2.15. The van der Waals surface area contributed by atoms with Crippen LogP contribution in [0, 0.1) is 6.92 Å². The van der Waals surface area contributed by atoms with E-state index in [1.165, 1.54) is 6.26 Å². The van der Waals surface area contributed by atoms with Crippen LogP contribution in [0.3, 0.4) is 0 Å². The van der Waals surface area contributed by atoms with Gasteiger partial charge in [0.2, 0.25) is 0 Å². The number of ether oxygens (including phenoxy) is 2. The van der Waals surface area contributed by atoms with Crippen molar-refractivity contribution in [2.45, 2.75) is 13.3 Å². The van der Waals surface area contributed by atoms with E-state index in [2.05, 4.69) is 10.6 Å². The summed E-state index contributed by atoms with van der Waals surface area (Å²) in [5, 5.41) is 5.62. The maximum Gasteiger partial charge on any atom is 0.291 e. The van der Waals surface area contributed by atoms with Crippen molar-refractivity contribution in [2.75, 3.05) is 23.8 Å². The van der Waals surface area contributed by atoms with Crippen LogP contribution in [0.25, 0.3) is 0 Å². The van der Waals surface area contributed by atoms with E-state index in [4.69, 9.17) is 13.9 Å². The Morgan fingerprint density at radius 3 is 2.52 bits per heavy atom. The molecule has 0 atom stereocenters. The van der Waals surface area contributed by atoms with E-state index in [-0.39, 0.29) is 17.6 Å². The van der Waals surface area contributed by atoms with Gasteiger partial charge < -0.3 is 24.5 Å². The average molecular weight is 392 g/mol. The fourth-order valence-corrected chi connectivity index (χ4v) is 2.93.